The first-order valence-electron chi connectivity index (χ1n) is 10.0. The van der Waals surface area contributed by atoms with Crippen LogP contribution in [0, 0.1) is 0 Å². The van der Waals surface area contributed by atoms with E-state index in [1.807, 2.05) is 48.5 Å². The summed E-state index contributed by atoms with van der Waals surface area (Å²) in [6, 6.07) is 15.0. The summed E-state index contributed by atoms with van der Waals surface area (Å²) in [5, 5.41) is 18.0. The van der Waals surface area contributed by atoms with Gasteiger partial charge >= 0.3 is 12.1 Å². The maximum Gasteiger partial charge on any atom is 0.407 e. The van der Waals surface area contributed by atoms with Crippen LogP contribution in [0.5, 0.6) is 0 Å². The molecule has 9 heteroatoms. The number of carbonyl (C=O) groups excluding carboxylic acids is 2. The predicted molar refractivity (Wildman–Crippen MR) is 116 cm³/mol. The number of hydrogen-bond acceptors (Lipinski definition) is 5. The molecule has 164 valence electrons. The Morgan fingerprint density at radius 2 is 1.69 bits per heavy atom. The van der Waals surface area contributed by atoms with Crippen molar-refractivity contribution in [2.75, 3.05) is 11.9 Å². The van der Waals surface area contributed by atoms with Crippen molar-refractivity contribution in [3.63, 3.8) is 0 Å². The molecule has 0 saturated heterocycles. The van der Waals surface area contributed by atoms with Crippen molar-refractivity contribution in [1.82, 2.24) is 15.1 Å². The first-order valence-corrected chi connectivity index (χ1v) is 10.0. The fraction of sp³-hybridized carbons (Fsp3) is 0.217. The SMILES string of the molecule is C[C@@H](NC(=O)OCC1c2ccccc2-c2ccccc21)C(=O)Nc1cnn(C)c1C(=O)O. The number of aromatic nitrogens is 2. The third-order valence-electron chi connectivity index (χ3n) is 5.47. The number of benzene rings is 2. The van der Waals surface area contributed by atoms with Gasteiger partial charge in [-0.15, -0.1) is 0 Å². The molecule has 9 nitrogen and oxygen atoms in total. The lowest BCUT2D eigenvalue weighted by molar-refractivity contribution is -0.117. The van der Waals surface area contributed by atoms with Crippen LogP contribution in [-0.2, 0) is 16.6 Å². The van der Waals surface area contributed by atoms with E-state index in [0.717, 1.165) is 26.9 Å². The van der Waals surface area contributed by atoms with Crippen LogP contribution in [0.2, 0.25) is 0 Å². The number of carbonyl (C=O) groups is 3. The quantitative estimate of drug-likeness (QED) is 0.548. The number of ether oxygens (including phenoxy) is 1. The first kappa shape index (κ1) is 21.1. The van der Waals surface area contributed by atoms with Gasteiger partial charge in [0.2, 0.25) is 5.91 Å². The second kappa shape index (κ2) is 8.54. The van der Waals surface area contributed by atoms with Gasteiger partial charge in [-0.1, -0.05) is 48.5 Å². The Labute approximate surface area is 184 Å². The molecule has 0 bridgehead atoms. The number of alkyl carbamates (subject to hydrolysis) is 1. The summed E-state index contributed by atoms with van der Waals surface area (Å²) in [7, 11) is 1.46. The Morgan fingerprint density at radius 1 is 1.09 bits per heavy atom. The number of fused-ring (bicyclic) bond motifs is 3. The van der Waals surface area contributed by atoms with Crippen molar-refractivity contribution in [2.45, 2.75) is 18.9 Å². The maximum atomic E-state index is 12.4. The summed E-state index contributed by atoms with van der Waals surface area (Å²) < 4.78 is 6.58. The first-order chi connectivity index (χ1) is 15.4. The van der Waals surface area contributed by atoms with E-state index in [9.17, 15) is 19.5 Å². The molecule has 3 N–H and O–H groups in total. The zero-order valence-electron chi connectivity index (χ0n) is 17.5. The summed E-state index contributed by atoms with van der Waals surface area (Å²) in [5.41, 5.74) is 4.30. The van der Waals surface area contributed by atoms with Crippen molar-refractivity contribution in [2.24, 2.45) is 7.05 Å². The van der Waals surface area contributed by atoms with Gasteiger partial charge in [0.1, 0.15) is 12.6 Å². The highest BCUT2D eigenvalue weighted by Crippen LogP contribution is 2.44. The fourth-order valence-corrected chi connectivity index (χ4v) is 3.91. The molecule has 0 unspecified atom stereocenters. The van der Waals surface area contributed by atoms with Crippen LogP contribution in [0.4, 0.5) is 10.5 Å². The van der Waals surface area contributed by atoms with Gasteiger partial charge in [-0.2, -0.15) is 5.10 Å². The molecule has 0 fully saturated rings. The number of amides is 2. The number of carboxylic acids is 1. The van der Waals surface area contributed by atoms with Crippen LogP contribution in [0.15, 0.2) is 54.7 Å². The summed E-state index contributed by atoms with van der Waals surface area (Å²) >= 11 is 0. The van der Waals surface area contributed by atoms with Crippen LogP contribution < -0.4 is 10.6 Å². The second-order valence-corrected chi connectivity index (χ2v) is 7.52. The zero-order valence-corrected chi connectivity index (χ0v) is 17.5. The number of nitrogens with one attached hydrogen (secondary N) is 2. The predicted octanol–water partition coefficient (Wildman–Crippen LogP) is 2.98. The van der Waals surface area contributed by atoms with Crippen LogP contribution in [0.3, 0.4) is 0 Å². The van der Waals surface area contributed by atoms with E-state index < -0.39 is 24.0 Å². The zero-order chi connectivity index (χ0) is 22.8. The number of hydrogen-bond donors (Lipinski definition) is 3. The van der Waals surface area contributed by atoms with E-state index in [2.05, 4.69) is 15.7 Å². The van der Waals surface area contributed by atoms with Gasteiger partial charge < -0.3 is 20.5 Å². The Morgan fingerprint density at radius 3 is 2.28 bits per heavy atom. The van der Waals surface area contributed by atoms with Gasteiger partial charge in [-0.3, -0.25) is 9.48 Å². The molecule has 4 rings (SSSR count). The lowest BCUT2D eigenvalue weighted by atomic mass is 9.98. The third kappa shape index (κ3) is 3.92. The smallest absolute Gasteiger partial charge is 0.407 e. The lowest BCUT2D eigenvalue weighted by Gasteiger charge is -2.17. The molecule has 0 radical (unpaired) electrons. The van der Waals surface area contributed by atoms with Crippen molar-refractivity contribution in [3.8, 4) is 11.1 Å². The molecular weight excluding hydrogens is 412 g/mol. The standard InChI is InChI=1S/C23H22N4O5/c1-13(21(28)26-19-11-24-27(2)20(19)22(29)30)25-23(31)32-12-18-16-9-5-3-7-14(16)15-8-4-6-10-17(15)18/h3-11,13,18H,12H2,1-2H3,(H,25,31)(H,26,28)(H,29,30)/t13-/m1/s1. The van der Waals surface area contributed by atoms with Gasteiger partial charge in [0.25, 0.3) is 0 Å². The molecule has 32 heavy (non-hydrogen) atoms. The molecule has 1 atom stereocenters. The highest BCUT2D eigenvalue weighted by atomic mass is 16.5. The van der Waals surface area contributed by atoms with E-state index in [0.29, 0.717) is 0 Å². The van der Waals surface area contributed by atoms with E-state index >= 15 is 0 Å². The number of aromatic carboxylic acids is 1. The van der Waals surface area contributed by atoms with Crippen LogP contribution >= 0.6 is 0 Å². The summed E-state index contributed by atoms with van der Waals surface area (Å²) in [4.78, 5) is 36.1. The summed E-state index contributed by atoms with van der Waals surface area (Å²) in [6.07, 6.45) is 0.501. The van der Waals surface area contributed by atoms with Gasteiger partial charge in [0.05, 0.1) is 11.9 Å². The van der Waals surface area contributed by atoms with Crippen LogP contribution in [-0.4, -0.2) is 45.5 Å². The molecule has 2 aromatic carbocycles. The van der Waals surface area contributed by atoms with E-state index in [4.69, 9.17) is 4.74 Å². The Hall–Kier alpha value is -4.14. The normalized spacial score (nSPS) is 13.1. The molecule has 3 aromatic rings. The average Bonchev–Trinajstić information content (AvgIpc) is 3.29. The number of rotatable bonds is 6. The van der Waals surface area contributed by atoms with Gasteiger partial charge in [-0.05, 0) is 29.2 Å². The van der Waals surface area contributed by atoms with E-state index in [-0.39, 0.29) is 23.9 Å². The Balaban J connectivity index is 1.37. The van der Waals surface area contributed by atoms with Crippen molar-refractivity contribution in [3.05, 3.63) is 71.5 Å². The van der Waals surface area contributed by atoms with Crippen LogP contribution in [0.1, 0.15) is 34.5 Å². The summed E-state index contributed by atoms with van der Waals surface area (Å²) in [5.74, 6) is -1.91. The molecule has 0 spiro atoms. The Kier molecular flexibility index (Phi) is 5.63. The monoisotopic (exact) mass is 434 g/mol. The third-order valence-corrected chi connectivity index (χ3v) is 5.47. The number of anilines is 1. The largest absolute Gasteiger partial charge is 0.476 e. The number of aryl methyl sites for hydroxylation is 1. The average molecular weight is 434 g/mol. The van der Waals surface area contributed by atoms with E-state index in [1.165, 1.54) is 20.2 Å². The van der Waals surface area contributed by atoms with Gasteiger partial charge in [0, 0.05) is 13.0 Å². The van der Waals surface area contributed by atoms with Crippen molar-refractivity contribution in [1.29, 1.82) is 0 Å². The lowest BCUT2D eigenvalue weighted by Crippen LogP contribution is -2.42. The van der Waals surface area contributed by atoms with Crippen molar-refractivity contribution >= 4 is 23.7 Å². The van der Waals surface area contributed by atoms with Crippen LogP contribution in [0.25, 0.3) is 11.1 Å². The van der Waals surface area contributed by atoms with Gasteiger partial charge in [0.15, 0.2) is 5.69 Å². The number of carboxylic acid groups (broad SMARTS) is 1. The molecule has 1 aliphatic carbocycles. The molecule has 1 heterocycles. The summed E-state index contributed by atoms with van der Waals surface area (Å²) in [6.45, 7) is 1.60. The molecule has 2 amide bonds. The highest BCUT2D eigenvalue weighted by molar-refractivity contribution is 6.01. The van der Waals surface area contributed by atoms with E-state index in [1.54, 1.807) is 0 Å². The van der Waals surface area contributed by atoms with Gasteiger partial charge in [-0.25, -0.2) is 9.59 Å². The molecule has 1 aromatic heterocycles. The minimum Gasteiger partial charge on any atom is -0.476 e. The fourth-order valence-electron chi connectivity index (χ4n) is 3.91. The van der Waals surface area contributed by atoms with Crippen molar-refractivity contribution < 1.29 is 24.2 Å². The second-order valence-electron chi connectivity index (χ2n) is 7.52. The molecule has 0 saturated carbocycles. The molecular formula is C23H22N4O5. The topological polar surface area (TPSA) is 123 Å². The molecule has 1 aliphatic rings. The maximum absolute atomic E-state index is 12.4. The highest BCUT2D eigenvalue weighted by Gasteiger charge is 2.29. The Bertz CT molecular complexity index is 1160. The molecule has 0 aliphatic heterocycles. The minimum absolute atomic E-state index is 0.0474. The minimum atomic E-state index is -1.22. The number of nitrogens with zero attached hydrogens (tertiary/aromatic N) is 2.